The number of phenolic OH excluding ortho intramolecular Hbond substituents is 4. The Kier molecular flexibility index (Phi) is 21.5. The van der Waals surface area contributed by atoms with Crippen molar-refractivity contribution in [2.75, 3.05) is 0 Å². The van der Waals surface area contributed by atoms with Crippen molar-refractivity contribution < 1.29 is 60.0 Å². The fourth-order valence-corrected chi connectivity index (χ4v) is 0.555. The van der Waals surface area contributed by atoms with Crippen LogP contribution in [0.3, 0.4) is 0 Å². The third kappa shape index (κ3) is 44.9. The van der Waals surface area contributed by atoms with Crippen LogP contribution in [0.1, 0.15) is 20.8 Å². The van der Waals surface area contributed by atoms with Gasteiger partial charge >= 0.3 is 0 Å². The first-order chi connectivity index (χ1) is 11.2. The van der Waals surface area contributed by atoms with E-state index in [1.54, 1.807) is 0 Å². The van der Waals surface area contributed by atoms with Crippen LogP contribution in [0.5, 0.6) is 23.0 Å². The second-order valence-electron chi connectivity index (χ2n) is 3.49. The van der Waals surface area contributed by atoms with Gasteiger partial charge in [0.2, 0.25) is 0 Å². The highest BCUT2D eigenvalue weighted by atomic mass is 16.4. The average molecular weight is 368 g/mol. The first kappa shape index (κ1) is 29.3. The number of hydrogen-bond donors (Lipinski definition) is 8. The number of carboxylic acids is 3. The van der Waals surface area contributed by atoms with E-state index in [4.69, 9.17) is 60.0 Å². The molecule has 0 spiro atoms. The Balaban J connectivity index is -0.000000125. The van der Waals surface area contributed by atoms with Gasteiger partial charge in [0.25, 0.3) is 24.4 Å². The summed E-state index contributed by atoms with van der Waals surface area (Å²) >= 11 is 0. The zero-order valence-electron chi connectivity index (χ0n) is 13.4. The summed E-state index contributed by atoms with van der Waals surface area (Å²) in [4.78, 5) is 35.4. The summed E-state index contributed by atoms with van der Waals surface area (Å²) in [5.41, 5.74) is 0. The quantitative estimate of drug-likeness (QED) is 0.177. The topological polar surface area (TPSA) is 230 Å². The van der Waals surface area contributed by atoms with Crippen LogP contribution in [-0.4, -0.2) is 65.2 Å². The Bertz CT molecular complexity index is 447. The van der Waals surface area contributed by atoms with Crippen LogP contribution in [0.2, 0.25) is 0 Å². The highest BCUT2D eigenvalue weighted by Crippen LogP contribution is 2.35. The summed E-state index contributed by atoms with van der Waals surface area (Å²) in [6.45, 7) is 3.00. The molecular formula is C13H20O12. The van der Waals surface area contributed by atoms with Gasteiger partial charge in [0.15, 0.2) is 23.0 Å². The van der Waals surface area contributed by atoms with Gasteiger partial charge in [-0.3, -0.25) is 19.2 Å². The predicted molar refractivity (Wildman–Crippen MR) is 81.7 cm³/mol. The second-order valence-corrected chi connectivity index (χ2v) is 3.49. The van der Waals surface area contributed by atoms with Crippen LogP contribution in [0, 0.1) is 0 Å². The molecule has 1 aromatic carbocycles. The molecule has 0 fully saturated rings. The van der Waals surface area contributed by atoms with Crippen molar-refractivity contribution >= 4 is 24.4 Å². The molecule has 25 heavy (non-hydrogen) atoms. The van der Waals surface area contributed by atoms with Crippen LogP contribution in [0.4, 0.5) is 0 Å². The maximum Gasteiger partial charge on any atom is 0.300 e. The first-order valence-electron chi connectivity index (χ1n) is 5.83. The van der Waals surface area contributed by atoms with Gasteiger partial charge in [0, 0.05) is 32.9 Å². The first-order valence-corrected chi connectivity index (χ1v) is 5.83. The molecular weight excluding hydrogens is 348 g/mol. The Labute approximate surface area is 141 Å². The molecule has 144 valence electrons. The van der Waals surface area contributed by atoms with E-state index in [0.717, 1.165) is 32.9 Å². The van der Waals surface area contributed by atoms with Crippen molar-refractivity contribution in [2.24, 2.45) is 0 Å². The zero-order chi connectivity index (χ0) is 21.2. The molecule has 8 N–H and O–H groups in total. The Morgan fingerprint density at radius 3 is 0.840 bits per heavy atom. The van der Waals surface area contributed by atoms with E-state index < -0.39 is 40.9 Å². The molecule has 12 heteroatoms. The molecule has 0 radical (unpaired) electrons. The van der Waals surface area contributed by atoms with Crippen LogP contribution in [-0.2, 0) is 19.2 Å². The van der Waals surface area contributed by atoms with E-state index in [0.29, 0.717) is 0 Å². The Morgan fingerprint density at radius 1 is 0.680 bits per heavy atom. The highest BCUT2D eigenvalue weighted by molar-refractivity contribution is 5.63. The van der Waals surface area contributed by atoms with Gasteiger partial charge in [-0.2, -0.15) is 0 Å². The molecule has 0 aliphatic carbocycles. The highest BCUT2D eigenvalue weighted by Gasteiger charge is 2.04. The summed E-state index contributed by atoms with van der Waals surface area (Å²) < 4.78 is 0. The molecule has 0 aliphatic heterocycles. The van der Waals surface area contributed by atoms with Gasteiger partial charge in [-0.15, -0.1) is 0 Å². The number of aliphatic carboxylic acids is 3. The minimum Gasteiger partial charge on any atom is -0.504 e. The minimum absolute atomic E-state index is 0.250. The third-order valence-electron chi connectivity index (χ3n) is 1.07. The number of rotatable bonds is 0. The van der Waals surface area contributed by atoms with Gasteiger partial charge in [-0.25, -0.2) is 0 Å². The molecule has 0 aromatic heterocycles. The minimum atomic E-state index is -0.833. The van der Waals surface area contributed by atoms with Crippen molar-refractivity contribution in [3.8, 4) is 23.0 Å². The largest absolute Gasteiger partial charge is 0.504 e. The summed E-state index contributed by atoms with van der Waals surface area (Å²) in [5, 5.41) is 64.0. The third-order valence-corrected chi connectivity index (χ3v) is 1.07. The Hall–Kier alpha value is -3.70. The van der Waals surface area contributed by atoms with Gasteiger partial charge in [0.1, 0.15) is 0 Å². The summed E-state index contributed by atoms with van der Waals surface area (Å²) in [6, 6.07) is 1.70. The number of hydrogen-bond acceptors (Lipinski definition) is 8. The van der Waals surface area contributed by atoms with Crippen molar-refractivity contribution in [1.82, 2.24) is 0 Å². The monoisotopic (exact) mass is 368 g/mol. The van der Waals surface area contributed by atoms with E-state index in [1.165, 1.54) is 0 Å². The number of benzene rings is 1. The molecule has 0 heterocycles. The van der Waals surface area contributed by atoms with Crippen molar-refractivity contribution in [3.63, 3.8) is 0 Å². The zero-order valence-corrected chi connectivity index (χ0v) is 13.4. The summed E-state index contributed by atoms with van der Waals surface area (Å²) in [5.74, 6) is -4.35. The van der Waals surface area contributed by atoms with E-state index in [2.05, 4.69) is 0 Å². The normalized spacial score (nSPS) is 7.32. The van der Waals surface area contributed by atoms with Gasteiger partial charge < -0.3 is 40.9 Å². The molecule has 0 saturated carbocycles. The van der Waals surface area contributed by atoms with E-state index >= 15 is 0 Å². The lowest BCUT2D eigenvalue weighted by molar-refractivity contribution is -0.135. The van der Waals surface area contributed by atoms with E-state index in [9.17, 15) is 0 Å². The number of aromatic hydroxyl groups is 4. The van der Waals surface area contributed by atoms with Gasteiger partial charge in [-0.05, 0) is 0 Å². The molecule has 1 aromatic rings. The molecule has 0 saturated heterocycles. The van der Waals surface area contributed by atoms with E-state index in [1.807, 2.05) is 0 Å². The lowest BCUT2D eigenvalue weighted by Gasteiger charge is -1.99. The number of carboxylic acid groups (broad SMARTS) is 4. The molecule has 0 unspecified atom stereocenters. The fraction of sp³-hybridized carbons (Fsp3) is 0.231. The van der Waals surface area contributed by atoms with Crippen LogP contribution in [0.15, 0.2) is 12.1 Å². The lowest BCUT2D eigenvalue weighted by Crippen LogP contribution is -1.78. The SMILES string of the molecule is CC(=O)O.CC(=O)O.CC(=O)O.O=CO.Oc1cc(O)c(O)cc1O. The van der Waals surface area contributed by atoms with Crippen LogP contribution >= 0.6 is 0 Å². The average Bonchev–Trinajstić information content (AvgIpc) is 2.35. The van der Waals surface area contributed by atoms with Crippen molar-refractivity contribution in [3.05, 3.63) is 12.1 Å². The Morgan fingerprint density at radius 2 is 0.760 bits per heavy atom. The summed E-state index contributed by atoms with van der Waals surface area (Å²) in [7, 11) is 0. The lowest BCUT2D eigenvalue weighted by atomic mass is 10.3. The molecule has 0 amide bonds. The predicted octanol–water partition coefficient (Wildman–Crippen LogP) is 0.482. The summed E-state index contributed by atoms with van der Waals surface area (Å²) in [6.07, 6.45) is 0. The molecule has 12 nitrogen and oxygen atoms in total. The molecule has 0 atom stereocenters. The molecule has 0 bridgehead atoms. The molecule has 0 aliphatic rings. The smallest absolute Gasteiger partial charge is 0.300 e. The molecule has 1 rings (SSSR count). The maximum atomic E-state index is 9.00. The maximum absolute atomic E-state index is 9.00. The van der Waals surface area contributed by atoms with Crippen LogP contribution in [0.25, 0.3) is 0 Å². The van der Waals surface area contributed by atoms with Gasteiger partial charge in [0.05, 0.1) is 0 Å². The van der Waals surface area contributed by atoms with E-state index in [-0.39, 0.29) is 6.47 Å². The van der Waals surface area contributed by atoms with Crippen LogP contribution < -0.4 is 0 Å². The fourth-order valence-electron chi connectivity index (χ4n) is 0.555. The second kappa shape index (κ2) is 18.3. The number of carbonyl (C=O) groups is 4. The van der Waals surface area contributed by atoms with Gasteiger partial charge in [-0.1, -0.05) is 0 Å². The van der Waals surface area contributed by atoms with Crippen molar-refractivity contribution in [1.29, 1.82) is 0 Å². The van der Waals surface area contributed by atoms with Crippen molar-refractivity contribution in [2.45, 2.75) is 20.8 Å². The number of phenols is 4. The standard InChI is InChI=1S/C6H6O4.3C2H4O2.CH2O2/c7-3-1-4(8)6(10)2-5(3)9;3*1-2(3)4;2-1-3/h1-2,7-10H;3*1H3,(H,3,4);1H,(H,2,3).